The molecular formula is C20H19NO4S. The SMILES string of the molecule is CCOC(=O)c1ccc(-c2csc(-c3cc(OC)cc(OC)c3)n2)cc1. The number of esters is 1. The molecule has 26 heavy (non-hydrogen) atoms. The van der Waals surface area contributed by atoms with Gasteiger partial charge in [0.05, 0.1) is 32.1 Å². The number of hydrogen-bond donors (Lipinski definition) is 0. The number of aromatic nitrogens is 1. The molecule has 1 heterocycles. The highest BCUT2D eigenvalue weighted by molar-refractivity contribution is 7.13. The number of methoxy groups -OCH3 is 2. The highest BCUT2D eigenvalue weighted by Gasteiger charge is 2.11. The van der Waals surface area contributed by atoms with Crippen LogP contribution >= 0.6 is 11.3 Å². The lowest BCUT2D eigenvalue weighted by Gasteiger charge is -2.06. The number of rotatable bonds is 6. The minimum atomic E-state index is -0.318. The molecule has 0 bridgehead atoms. The van der Waals surface area contributed by atoms with E-state index in [1.807, 2.05) is 35.7 Å². The smallest absolute Gasteiger partial charge is 0.338 e. The highest BCUT2D eigenvalue weighted by Crippen LogP contribution is 2.33. The second-order valence-corrected chi connectivity index (χ2v) is 6.30. The molecule has 0 aliphatic carbocycles. The van der Waals surface area contributed by atoms with E-state index in [0.29, 0.717) is 12.2 Å². The number of hydrogen-bond acceptors (Lipinski definition) is 6. The van der Waals surface area contributed by atoms with Gasteiger partial charge in [-0.2, -0.15) is 0 Å². The maximum Gasteiger partial charge on any atom is 0.338 e. The molecule has 0 amide bonds. The summed E-state index contributed by atoms with van der Waals surface area (Å²) in [5.41, 5.74) is 3.25. The lowest BCUT2D eigenvalue weighted by atomic mass is 10.1. The lowest BCUT2D eigenvalue weighted by molar-refractivity contribution is 0.0526. The van der Waals surface area contributed by atoms with Crippen molar-refractivity contribution < 1.29 is 19.0 Å². The van der Waals surface area contributed by atoms with Crippen LogP contribution in [0.5, 0.6) is 11.5 Å². The Hall–Kier alpha value is -2.86. The lowest BCUT2D eigenvalue weighted by Crippen LogP contribution is -2.03. The summed E-state index contributed by atoms with van der Waals surface area (Å²) in [6.07, 6.45) is 0. The van der Waals surface area contributed by atoms with Crippen LogP contribution in [-0.2, 0) is 4.74 Å². The van der Waals surface area contributed by atoms with Gasteiger partial charge < -0.3 is 14.2 Å². The van der Waals surface area contributed by atoms with Gasteiger partial charge in [0.2, 0.25) is 0 Å². The molecule has 6 heteroatoms. The zero-order valence-electron chi connectivity index (χ0n) is 14.8. The van der Waals surface area contributed by atoms with Gasteiger partial charge in [-0.15, -0.1) is 11.3 Å². The molecule has 0 aliphatic rings. The Morgan fingerprint density at radius 2 is 1.65 bits per heavy atom. The Morgan fingerprint density at radius 3 is 2.23 bits per heavy atom. The molecule has 0 saturated heterocycles. The summed E-state index contributed by atoms with van der Waals surface area (Å²) >= 11 is 1.54. The topological polar surface area (TPSA) is 57.7 Å². The quantitative estimate of drug-likeness (QED) is 0.591. The van der Waals surface area contributed by atoms with Gasteiger partial charge in [0, 0.05) is 22.6 Å². The first-order chi connectivity index (χ1) is 12.6. The number of ether oxygens (including phenoxy) is 3. The summed E-state index contributed by atoms with van der Waals surface area (Å²) in [5, 5.41) is 2.85. The molecule has 1 aromatic heterocycles. The van der Waals surface area contributed by atoms with E-state index in [9.17, 15) is 4.79 Å². The monoisotopic (exact) mass is 369 g/mol. The van der Waals surface area contributed by atoms with Crippen molar-refractivity contribution in [3.8, 4) is 33.3 Å². The van der Waals surface area contributed by atoms with E-state index in [1.54, 1.807) is 44.6 Å². The maximum atomic E-state index is 11.7. The van der Waals surface area contributed by atoms with Gasteiger partial charge in [-0.05, 0) is 31.2 Å². The highest BCUT2D eigenvalue weighted by atomic mass is 32.1. The average Bonchev–Trinajstić information content (AvgIpc) is 3.18. The van der Waals surface area contributed by atoms with Crippen molar-refractivity contribution in [3.05, 3.63) is 53.4 Å². The molecule has 0 atom stereocenters. The third kappa shape index (κ3) is 3.86. The molecule has 5 nitrogen and oxygen atoms in total. The number of carbonyl (C=O) groups is 1. The van der Waals surface area contributed by atoms with Gasteiger partial charge in [0.15, 0.2) is 0 Å². The second-order valence-electron chi connectivity index (χ2n) is 5.44. The van der Waals surface area contributed by atoms with E-state index in [4.69, 9.17) is 19.2 Å². The van der Waals surface area contributed by atoms with Crippen molar-refractivity contribution in [1.29, 1.82) is 0 Å². The molecule has 3 rings (SSSR count). The normalized spacial score (nSPS) is 10.4. The molecule has 0 saturated carbocycles. The molecule has 0 N–H and O–H groups in total. The third-order valence-corrected chi connectivity index (χ3v) is 4.69. The van der Waals surface area contributed by atoms with Crippen molar-refractivity contribution in [2.24, 2.45) is 0 Å². The molecule has 0 fully saturated rings. The van der Waals surface area contributed by atoms with Crippen molar-refractivity contribution >= 4 is 17.3 Å². The summed E-state index contributed by atoms with van der Waals surface area (Å²) in [6.45, 7) is 2.15. The summed E-state index contributed by atoms with van der Waals surface area (Å²) in [7, 11) is 3.24. The largest absolute Gasteiger partial charge is 0.497 e. The van der Waals surface area contributed by atoms with Crippen LogP contribution in [0, 0.1) is 0 Å². The van der Waals surface area contributed by atoms with Crippen molar-refractivity contribution in [3.63, 3.8) is 0 Å². The number of benzene rings is 2. The standard InChI is InChI=1S/C20H19NO4S/c1-4-25-20(22)14-7-5-13(6-8-14)18-12-26-19(21-18)15-9-16(23-2)11-17(10-15)24-3/h5-12H,4H2,1-3H3. The third-order valence-electron chi connectivity index (χ3n) is 3.79. The minimum Gasteiger partial charge on any atom is -0.497 e. The van der Waals surface area contributed by atoms with E-state index < -0.39 is 0 Å². The molecule has 0 unspecified atom stereocenters. The van der Waals surface area contributed by atoms with Gasteiger partial charge in [0.1, 0.15) is 16.5 Å². The van der Waals surface area contributed by atoms with E-state index >= 15 is 0 Å². The van der Waals surface area contributed by atoms with Crippen LogP contribution in [0.15, 0.2) is 47.8 Å². The maximum absolute atomic E-state index is 11.7. The van der Waals surface area contributed by atoms with Gasteiger partial charge in [-0.1, -0.05) is 12.1 Å². The fourth-order valence-corrected chi connectivity index (χ4v) is 3.28. The Bertz CT molecular complexity index is 880. The van der Waals surface area contributed by atoms with Crippen molar-refractivity contribution in [1.82, 2.24) is 4.98 Å². The van der Waals surface area contributed by atoms with Gasteiger partial charge in [0.25, 0.3) is 0 Å². The van der Waals surface area contributed by atoms with E-state index in [2.05, 4.69) is 0 Å². The molecule has 3 aromatic rings. The van der Waals surface area contributed by atoms with E-state index in [0.717, 1.165) is 33.3 Å². The molecule has 0 spiro atoms. The van der Waals surface area contributed by atoms with E-state index in [1.165, 1.54) is 0 Å². The average molecular weight is 369 g/mol. The van der Waals surface area contributed by atoms with Crippen LogP contribution in [0.4, 0.5) is 0 Å². The van der Waals surface area contributed by atoms with Crippen LogP contribution in [0.25, 0.3) is 21.8 Å². The predicted octanol–water partition coefficient (Wildman–Crippen LogP) is 4.67. The zero-order valence-corrected chi connectivity index (χ0v) is 15.6. The molecule has 2 aromatic carbocycles. The second kappa shape index (κ2) is 8.01. The number of thiazole rings is 1. The molecule has 0 radical (unpaired) electrons. The summed E-state index contributed by atoms with van der Waals surface area (Å²) in [4.78, 5) is 16.4. The Kier molecular flexibility index (Phi) is 5.53. The van der Waals surface area contributed by atoms with Gasteiger partial charge in [-0.3, -0.25) is 0 Å². The summed E-state index contributed by atoms with van der Waals surface area (Å²) in [6, 6.07) is 12.9. The summed E-state index contributed by atoms with van der Waals surface area (Å²) < 4.78 is 15.6. The number of carbonyl (C=O) groups excluding carboxylic acids is 1. The summed E-state index contributed by atoms with van der Waals surface area (Å²) in [5.74, 6) is 1.12. The molecule has 134 valence electrons. The number of nitrogens with zero attached hydrogens (tertiary/aromatic N) is 1. The van der Waals surface area contributed by atoms with Crippen molar-refractivity contribution in [2.75, 3.05) is 20.8 Å². The Morgan fingerprint density at radius 1 is 1.00 bits per heavy atom. The first-order valence-corrected chi connectivity index (χ1v) is 8.99. The zero-order chi connectivity index (χ0) is 18.5. The predicted molar refractivity (Wildman–Crippen MR) is 102 cm³/mol. The van der Waals surface area contributed by atoms with Crippen molar-refractivity contribution in [2.45, 2.75) is 6.92 Å². The Labute approximate surface area is 156 Å². The van der Waals surface area contributed by atoms with Crippen LogP contribution in [0.2, 0.25) is 0 Å². The van der Waals surface area contributed by atoms with Gasteiger partial charge >= 0.3 is 5.97 Å². The molecular weight excluding hydrogens is 350 g/mol. The van der Waals surface area contributed by atoms with Gasteiger partial charge in [-0.25, -0.2) is 9.78 Å². The van der Waals surface area contributed by atoms with Crippen LogP contribution in [0.1, 0.15) is 17.3 Å². The fourth-order valence-electron chi connectivity index (χ4n) is 2.46. The van der Waals surface area contributed by atoms with E-state index in [-0.39, 0.29) is 5.97 Å². The van der Waals surface area contributed by atoms with Crippen LogP contribution in [0.3, 0.4) is 0 Å². The minimum absolute atomic E-state index is 0.318. The van der Waals surface area contributed by atoms with Crippen LogP contribution < -0.4 is 9.47 Å². The van der Waals surface area contributed by atoms with Crippen LogP contribution in [-0.4, -0.2) is 31.8 Å². The first kappa shape index (κ1) is 17.9. The Balaban J connectivity index is 1.87. The fraction of sp³-hybridized carbons (Fsp3) is 0.200. The molecule has 0 aliphatic heterocycles. The first-order valence-electron chi connectivity index (χ1n) is 8.11.